The molecule has 1 aromatic heterocycles. The third-order valence-electron chi connectivity index (χ3n) is 2.78. The van der Waals surface area contributed by atoms with E-state index in [9.17, 15) is 9.18 Å². The molecule has 0 aliphatic heterocycles. The Balaban J connectivity index is 1.86. The summed E-state index contributed by atoms with van der Waals surface area (Å²) in [5.41, 5.74) is 6.72. The third-order valence-corrected chi connectivity index (χ3v) is 2.78. The average molecular weight is 264 g/mol. The number of benzene rings is 1. The van der Waals surface area contributed by atoms with E-state index in [2.05, 4.69) is 15.3 Å². The number of imidazole rings is 1. The summed E-state index contributed by atoms with van der Waals surface area (Å²) in [5, 5.41) is 2.79. The first-order valence-electron chi connectivity index (χ1n) is 6.30. The highest BCUT2D eigenvalue weighted by Crippen LogP contribution is 2.12. The smallest absolute Gasteiger partial charge is 0.220 e. The second-order valence-corrected chi connectivity index (χ2v) is 4.34. The molecule has 0 fully saturated rings. The number of nitrogens with two attached hydrogens (primary N) is 1. The molecule has 0 saturated carbocycles. The van der Waals surface area contributed by atoms with Gasteiger partial charge in [0.25, 0.3) is 0 Å². The molecule has 0 bridgehead atoms. The highest BCUT2D eigenvalue weighted by molar-refractivity contribution is 5.76. The molecule has 2 rings (SSSR count). The summed E-state index contributed by atoms with van der Waals surface area (Å²) < 4.78 is 13.0. The Morgan fingerprint density at radius 3 is 3.11 bits per heavy atom. The number of rotatable bonds is 6. The van der Waals surface area contributed by atoms with E-state index in [0.717, 1.165) is 11.3 Å². The lowest BCUT2D eigenvalue weighted by Crippen LogP contribution is -2.26. The van der Waals surface area contributed by atoms with Crippen LogP contribution in [-0.2, 0) is 11.2 Å². The first kappa shape index (κ1) is 13.5. The van der Waals surface area contributed by atoms with Gasteiger partial charge in [0.2, 0.25) is 5.91 Å². The maximum Gasteiger partial charge on any atom is 0.220 e. The van der Waals surface area contributed by atoms with Crippen molar-refractivity contribution in [1.29, 1.82) is 0 Å². The maximum absolute atomic E-state index is 13.0. The van der Waals surface area contributed by atoms with Gasteiger partial charge in [-0.3, -0.25) is 4.79 Å². The van der Waals surface area contributed by atoms with Gasteiger partial charge in [-0.2, -0.15) is 0 Å². The van der Waals surface area contributed by atoms with Crippen molar-refractivity contribution < 1.29 is 9.18 Å². The lowest BCUT2D eigenvalue weighted by molar-refractivity contribution is -0.121. The molecule has 0 radical (unpaired) electrons. The zero-order valence-electron chi connectivity index (χ0n) is 10.6. The summed E-state index contributed by atoms with van der Waals surface area (Å²) >= 11 is 0. The molecule has 1 heterocycles. The van der Waals surface area contributed by atoms with E-state index < -0.39 is 0 Å². The molecule has 6 heteroatoms. The predicted molar refractivity (Wildman–Crippen MR) is 71.1 cm³/mol. The molecule has 102 valence electrons. The van der Waals surface area contributed by atoms with Crippen LogP contribution in [0, 0.1) is 5.82 Å². The normalized spacial score (nSPS) is 10.8. The van der Waals surface area contributed by atoms with Crippen LogP contribution in [-0.4, -0.2) is 29.0 Å². The van der Waals surface area contributed by atoms with Crippen LogP contribution < -0.4 is 11.1 Å². The summed E-state index contributed by atoms with van der Waals surface area (Å²) in [7, 11) is 0. The Morgan fingerprint density at radius 1 is 1.47 bits per heavy atom. The summed E-state index contributed by atoms with van der Waals surface area (Å²) in [6, 6.07) is 4.41. The van der Waals surface area contributed by atoms with E-state index in [1.165, 1.54) is 12.1 Å². The summed E-state index contributed by atoms with van der Waals surface area (Å²) in [6.07, 6.45) is 1.72. The molecule has 0 atom stereocenters. The molecule has 2 aromatic rings. The van der Waals surface area contributed by atoms with Crippen LogP contribution >= 0.6 is 0 Å². The SMILES string of the molecule is NCCCC(=O)NCCc1nc2ccc(F)cc2[nH]1. The van der Waals surface area contributed by atoms with Crippen LogP contribution in [0.3, 0.4) is 0 Å². The van der Waals surface area contributed by atoms with Crippen molar-refractivity contribution in [2.75, 3.05) is 13.1 Å². The van der Waals surface area contributed by atoms with Crippen molar-refractivity contribution in [3.05, 3.63) is 29.8 Å². The van der Waals surface area contributed by atoms with Crippen molar-refractivity contribution in [3.63, 3.8) is 0 Å². The first-order chi connectivity index (χ1) is 9.19. The summed E-state index contributed by atoms with van der Waals surface area (Å²) in [4.78, 5) is 18.7. The molecule has 0 aliphatic carbocycles. The number of H-pyrrole nitrogens is 1. The summed E-state index contributed by atoms with van der Waals surface area (Å²) in [5.74, 6) is 0.435. The van der Waals surface area contributed by atoms with Gasteiger partial charge < -0.3 is 16.0 Å². The standard InChI is InChI=1S/C13H17FN4O/c14-9-3-4-10-11(8-9)18-12(17-10)5-7-16-13(19)2-1-6-15/h3-4,8H,1-2,5-7,15H2,(H,16,19)(H,17,18). The number of carbonyl (C=O) groups excluding carboxylic acids is 1. The minimum atomic E-state index is -0.294. The van der Waals surface area contributed by atoms with Crippen molar-refractivity contribution in [2.24, 2.45) is 5.73 Å². The van der Waals surface area contributed by atoms with E-state index >= 15 is 0 Å². The lowest BCUT2D eigenvalue weighted by Gasteiger charge is -2.02. The number of aromatic nitrogens is 2. The zero-order chi connectivity index (χ0) is 13.7. The van der Waals surface area contributed by atoms with Gasteiger partial charge in [-0.25, -0.2) is 9.37 Å². The number of nitrogens with one attached hydrogen (secondary N) is 2. The quantitative estimate of drug-likeness (QED) is 0.730. The van der Waals surface area contributed by atoms with E-state index in [1.54, 1.807) is 6.07 Å². The Kier molecular flexibility index (Phi) is 4.46. The van der Waals surface area contributed by atoms with Crippen LogP contribution in [0.25, 0.3) is 11.0 Å². The number of hydrogen-bond donors (Lipinski definition) is 3. The third kappa shape index (κ3) is 3.75. The number of fused-ring (bicyclic) bond motifs is 1. The van der Waals surface area contributed by atoms with Gasteiger partial charge in [-0.15, -0.1) is 0 Å². The van der Waals surface area contributed by atoms with Gasteiger partial charge in [0, 0.05) is 19.4 Å². The van der Waals surface area contributed by atoms with Crippen molar-refractivity contribution in [3.8, 4) is 0 Å². The van der Waals surface area contributed by atoms with E-state index in [4.69, 9.17) is 5.73 Å². The van der Waals surface area contributed by atoms with Crippen molar-refractivity contribution in [2.45, 2.75) is 19.3 Å². The average Bonchev–Trinajstić information content (AvgIpc) is 2.78. The number of carbonyl (C=O) groups is 1. The Labute approximate surface area is 110 Å². The molecule has 0 aliphatic rings. The fraction of sp³-hybridized carbons (Fsp3) is 0.385. The number of aromatic amines is 1. The Hall–Kier alpha value is -1.95. The fourth-order valence-electron chi connectivity index (χ4n) is 1.82. The zero-order valence-corrected chi connectivity index (χ0v) is 10.6. The molecule has 1 aromatic carbocycles. The highest BCUT2D eigenvalue weighted by atomic mass is 19.1. The van der Waals surface area contributed by atoms with Crippen molar-refractivity contribution >= 4 is 16.9 Å². The fourth-order valence-corrected chi connectivity index (χ4v) is 1.82. The maximum atomic E-state index is 13.0. The molecule has 0 unspecified atom stereocenters. The minimum Gasteiger partial charge on any atom is -0.356 e. The van der Waals surface area contributed by atoms with Gasteiger partial charge >= 0.3 is 0 Å². The van der Waals surface area contributed by atoms with Crippen LogP contribution in [0.5, 0.6) is 0 Å². The Morgan fingerprint density at radius 2 is 2.32 bits per heavy atom. The topological polar surface area (TPSA) is 83.8 Å². The van der Waals surface area contributed by atoms with Crippen LogP contribution in [0.1, 0.15) is 18.7 Å². The minimum absolute atomic E-state index is 0.00685. The summed E-state index contributed by atoms with van der Waals surface area (Å²) in [6.45, 7) is 1.02. The first-order valence-corrected chi connectivity index (χ1v) is 6.30. The molecule has 1 amide bonds. The second-order valence-electron chi connectivity index (χ2n) is 4.34. The van der Waals surface area contributed by atoms with Crippen LogP contribution in [0.15, 0.2) is 18.2 Å². The van der Waals surface area contributed by atoms with Crippen molar-refractivity contribution in [1.82, 2.24) is 15.3 Å². The molecule has 5 nitrogen and oxygen atoms in total. The van der Waals surface area contributed by atoms with E-state index in [1.807, 2.05) is 0 Å². The van der Waals surface area contributed by atoms with Gasteiger partial charge in [0.1, 0.15) is 11.6 Å². The largest absolute Gasteiger partial charge is 0.356 e. The molecule has 19 heavy (non-hydrogen) atoms. The molecule has 0 saturated heterocycles. The van der Waals surface area contributed by atoms with Gasteiger partial charge in [-0.05, 0) is 31.2 Å². The molecular weight excluding hydrogens is 247 g/mol. The number of nitrogens with zero attached hydrogens (tertiary/aromatic N) is 1. The number of amides is 1. The predicted octanol–water partition coefficient (Wildman–Crippen LogP) is 1.10. The molecule has 0 spiro atoms. The number of halogens is 1. The second kappa shape index (κ2) is 6.29. The monoisotopic (exact) mass is 264 g/mol. The van der Waals surface area contributed by atoms with E-state index in [0.29, 0.717) is 37.9 Å². The highest BCUT2D eigenvalue weighted by Gasteiger charge is 2.05. The van der Waals surface area contributed by atoms with Gasteiger partial charge in [-0.1, -0.05) is 0 Å². The van der Waals surface area contributed by atoms with E-state index in [-0.39, 0.29) is 11.7 Å². The van der Waals surface area contributed by atoms with Gasteiger partial charge in [0.15, 0.2) is 0 Å². The molecular formula is C13H17FN4O. The Bertz CT molecular complexity index is 567. The van der Waals surface area contributed by atoms with Crippen LogP contribution in [0.2, 0.25) is 0 Å². The number of hydrogen-bond acceptors (Lipinski definition) is 3. The van der Waals surface area contributed by atoms with Gasteiger partial charge in [0.05, 0.1) is 11.0 Å². The lowest BCUT2D eigenvalue weighted by atomic mass is 10.3. The molecule has 4 N–H and O–H groups in total. The van der Waals surface area contributed by atoms with Crippen LogP contribution in [0.4, 0.5) is 4.39 Å².